The zero-order valence-electron chi connectivity index (χ0n) is 54.6. The van der Waals surface area contributed by atoms with Crippen LogP contribution in [0.4, 0.5) is 8.78 Å². The second-order valence-corrected chi connectivity index (χ2v) is 25.8. The number of halogens is 2. The Morgan fingerprint density at radius 2 is 1.29 bits per heavy atom. The second kappa shape index (κ2) is 31.7. The molecular weight excluding hydrogens is 1250 g/mol. The molecule has 9 atom stereocenters. The van der Waals surface area contributed by atoms with Crippen molar-refractivity contribution in [2.75, 3.05) is 26.8 Å². The van der Waals surface area contributed by atoms with Crippen LogP contribution < -0.4 is 47.7 Å². The smallest absolute Gasteiger partial charge is 0.246 e. The number of carbonyl (C=O) groups excluding carboxylic acids is 10. The Kier molecular flexibility index (Phi) is 22.8. The van der Waals surface area contributed by atoms with Crippen LogP contribution >= 0.6 is 0 Å². The summed E-state index contributed by atoms with van der Waals surface area (Å²) in [5.41, 5.74) is 8.27. The van der Waals surface area contributed by atoms with Gasteiger partial charge in [-0.05, 0) is 135 Å². The zero-order chi connectivity index (χ0) is 68.9. The lowest BCUT2D eigenvalue weighted by Gasteiger charge is -2.37. The van der Waals surface area contributed by atoms with Crippen molar-refractivity contribution in [2.24, 2.45) is 5.73 Å². The first-order valence-corrected chi connectivity index (χ1v) is 33.1. The van der Waals surface area contributed by atoms with E-state index in [1.54, 1.807) is 73.9 Å². The number of nitrogens with two attached hydrogens (primary N) is 1. The van der Waals surface area contributed by atoms with Gasteiger partial charge >= 0.3 is 0 Å². The molecule has 2 aromatic heterocycles. The molecule has 0 spiro atoms. The van der Waals surface area contributed by atoms with Crippen LogP contribution in [0.5, 0.6) is 5.75 Å². The minimum atomic E-state index is -1.54. The molecule has 11 rings (SSSR count). The van der Waals surface area contributed by atoms with Gasteiger partial charge in [0.15, 0.2) is 0 Å². The van der Waals surface area contributed by atoms with Crippen molar-refractivity contribution in [1.82, 2.24) is 57.0 Å². The van der Waals surface area contributed by atoms with E-state index in [1.165, 1.54) is 60.2 Å². The number of benzene rings is 4. The lowest BCUT2D eigenvalue weighted by Crippen LogP contribution is -2.63. The highest BCUT2D eigenvalue weighted by Gasteiger charge is 2.49. The molecule has 24 nitrogen and oxygen atoms in total. The normalized spacial score (nSPS) is 25.7. The standard InChI is InChI=1S/C71H84F2N12O12/c1-41-64(89)80-57(32-45-38-75-53-25-21-47(72)34-51(45)53)66(91)82-59(33-46-39-76-54-26-22-48(73)35-52(46)54)68(93)84-40-50-36-60(84)67(92)79-55(12-7-4-5-10-29-97-50)65(90)81-58(31-43-19-23-49(96-3)24-20-43)69(94)85-28-11-27-71(85,2)70(95)83-56(63(74)88)30-42-15-17-44(18-16-42)37-77-61(86)13-8-6-9-14-62(87)78-41/h5,10,15-26,34-35,38-39,41,50,55-60,75-76H,4,6-9,11-14,27-33,36-37,40H2,1-3H3,(H2,74,88)(H,77,86)(H,78,87)(H,79,92)(H,80,89)(H,81,90)(H,82,91)(H,83,95)/b10-5-/t41-,50-,55-,56-,57-,58-,59-,60-,71-/m0/s1. The number of hydrogen-bond acceptors (Lipinski definition) is 12. The van der Waals surface area contributed by atoms with Crippen molar-refractivity contribution >= 4 is 80.9 Å². The van der Waals surface area contributed by atoms with E-state index in [0.29, 0.717) is 88.3 Å². The Balaban J connectivity index is 0.985. The van der Waals surface area contributed by atoms with Gasteiger partial charge in [-0.1, -0.05) is 55.0 Å². The zero-order valence-corrected chi connectivity index (χ0v) is 54.6. The Hall–Kier alpha value is -9.98. The summed E-state index contributed by atoms with van der Waals surface area (Å²) in [7, 11) is 1.51. The average molecular weight is 1340 g/mol. The molecule has 0 aliphatic carbocycles. The second-order valence-electron chi connectivity index (χ2n) is 25.8. The summed E-state index contributed by atoms with van der Waals surface area (Å²) in [6.07, 6.45) is 8.36. The minimum Gasteiger partial charge on any atom is -0.497 e. The van der Waals surface area contributed by atoms with Crippen LogP contribution in [0.2, 0.25) is 0 Å². The first-order chi connectivity index (χ1) is 46.6. The van der Waals surface area contributed by atoms with Gasteiger partial charge in [0, 0.05) is 98.8 Å². The number of primary amides is 1. The predicted octanol–water partition coefficient (Wildman–Crippen LogP) is 4.31. The summed E-state index contributed by atoms with van der Waals surface area (Å²) >= 11 is 0. The highest BCUT2D eigenvalue weighted by molar-refractivity contribution is 6.00. The fraction of sp³-hybridized carbons (Fsp3) is 0.437. The van der Waals surface area contributed by atoms with Crippen molar-refractivity contribution in [3.05, 3.63) is 149 Å². The van der Waals surface area contributed by atoms with Gasteiger partial charge in [0.1, 0.15) is 65.2 Å². The van der Waals surface area contributed by atoms with Crippen LogP contribution in [-0.4, -0.2) is 160 Å². The number of carbonyl (C=O) groups is 10. The SMILES string of the molecule is COc1ccc(C[C@@H]2NC(=O)[C@@H]3CCC/C=C\CO[C@H]4C[C@@H](C(=O)N3)N(C4)C(=O)[C@H](Cc3c[nH]c4ccc(F)cc34)NC(=O)[C@H](Cc3c[nH]c4ccc(F)cc34)NC(=O)[C@H](C)NC(=O)CCCCCC(=O)NCc3ccc(cc3)C[C@@H](C(N)=O)NC(=O)[C@]3(C)CCCN3C2=O)cc1. The summed E-state index contributed by atoms with van der Waals surface area (Å²) in [5.74, 6) is -7.34. The third-order valence-corrected chi connectivity index (χ3v) is 18.8. The summed E-state index contributed by atoms with van der Waals surface area (Å²) in [4.78, 5) is 154. The van der Waals surface area contributed by atoms with E-state index in [4.69, 9.17) is 15.2 Å². The van der Waals surface area contributed by atoms with Crippen LogP contribution in [0.25, 0.3) is 21.8 Å². The molecule has 0 unspecified atom stereocenters. The van der Waals surface area contributed by atoms with Gasteiger partial charge in [0.2, 0.25) is 59.1 Å². The number of nitrogens with one attached hydrogen (secondary N) is 9. The van der Waals surface area contributed by atoms with Crippen LogP contribution in [0.3, 0.4) is 0 Å². The van der Waals surface area contributed by atoms with E-state index < -0.39 is 119 Å². The van der Waals surface area contributed by atoms with Crippen molar-refractivity contribution < 1.29 is 66.2 Å². The number of amides is 10. The van der Waals surface area contributed by atoms with E-state index in [0.717, 1.165) is 5.56 Å². The summed E-state index contributed by atoms with van der Waals surface area (Å²) in [6, 6.07) is 12.6. The molecule has 5 aliphatic heterocycles. The highest BCUT2D eigenvalue weighted by atomic mass is 19.1. The Morgan fingerprint density at radius 1 is 0.660 bits per heavy atom. The quantitative estimate of drug-likeness (QED) is 0.0753. The van der Waals surface area contributed by atoms with Crippen molar-refractivity contribution in [2.45, 2.75) is 171 Å². The van der Waals surface area contributed by atoms with Gasteiger partial charge in [-0.3, -0.25) is 47.9 Å². The average Bonchev–Trinajstić information content (AvgIpc) is 1.54. The molecule has 97 heavy (non-hydrogen) atoms. The molecule has 6 aromatic rings. The lowest BCUT2D eigenvalue weighted by atomic mass is 9.94. The Labute approximate surface area is 559 Å². The minimum absolute atomic E-state index is 0.00288. The predicted molar refractivity (Wildman–Crippen MR) is 354 cm³/mol. The third-order valence-electron chi connectivity index (χ3n) is 18.8. The number of methoxy groups -OCH3 is 1. The molecule has 2 fully saturated rings. The molecule has 26 heteroatoms. The third kappa shape index (κ3) is 17.5. The van der Waals surface area contributed by atoms with Gasteiger partial charge in [-0.2, -0.15) is 0 Å². The summed E-state index contributed by atoms with van der Waals surface area (Å²) in [6.45, 7) is 3.26. The largest absolute Gasteiger partial charge is 0.497 e. The number of H-pyrrole nitrogens is 2. The van der Waals surface area contributed by atoms with E-state index in [9.17, 15) is 28.4 Å². The fourth-order valence-corrected chi connectivity index (χ4v) is 13.2. The maximum atomic E-state index is 15.7. The first kappa shape index (κ1) is 69.8. The van der Waals surface area contributed by atoms with Crippen LogP contribution in [0.1, 0.15) is 112 Å². The van der Waals surface area contributed by atoms with Crippen molar-refractivity contribution in [3.8, 4) is 5.75 Å². The number of nitrogens with zero attached hydrogens (tertiary/aromatic N) is 2. The number of rotatable bonds is 8. The molecule has 0 saturated carbocycles. The van der Waals surface area contributed by atoms with E-state index in [-0.39, 0.29) is 89.9 Å². The van der Waals surface area contributed by atoms with Gasteiger partial charge in [0.25, 0.3) is 0 Å². The van der Waals surface area contributed by atoms with Crippen LogP contribution in [-0.2, 0) is 84.9 Å². The monoisotopic (exact) mass is 1330 g/mol. The molecule has 4 aromatic carbocycles. The molecular formula is C71H84F2N12O12. The number of aromatic amines is 2. The van der Waals surface area contributed by atoms with Crippen molar-refractivity contribution in [3.63, 3.8) is 0 Å². The molecule has 0 radical (unpaired) electrons. The summed E-state index contributed by atoms with van der Waals surface area (Å²) in [5, 5.41) is 20.6. The van der Waals surface area contributed by atoms with Gasteiger partial charge in [0.05, 0.1) is 19.8 Å². The molecule has 5 bridgehead atoms. The van der Waals surface area contributed by atoms with E-state index in [2.05, 4.69) is 47.2 Å². The molecule has 2 saturated heterocycles. The number of hydrogen-bond donors (Lipinski definition) is 10. The maximum absolute atomic E-state index is 15.7. The first-order valence-electron chi connectivity index (χ1n) is 33.1. The lowest BCUT2D eigenvalue weighted by molar-refractivity contribution is -0.147. The molecule has 10 amide bonds. The Morgan fingerprint density at radius 3 is 1.96 bits per heavy atom. The molecule has 5 aliphatic rings. The summed E-state index contributed by atoms with van der Waals surface area (Å²) < 4.78 is 41.6. The Bertz CT molecular complexity index is 3930. The van der Waals surface area contributed by atoms with Gasteiger partial charge in [-0.15, -0.1) is 0 Å². The number of ether oxygens (including phenoxy) is 2. The van der Waals surface area contributed by atoms with Crippen molar-refractivity contribution in [1.29, 1.82) is 0 Å². The topological polar surface area (TPSA) is 337 Å². The van der Waals surface area contributed by atoms with Crippen LogP contribution in [0, 0.1) is 11.6 Å². The molecule has 514 valence electrons. The van der Waals surface area contributed by atoms with Gasteiger partial charge < -0.3 is 72.2 Å². The molecule has 11 N–H and O–H groups in total. The highest BCUT2D eigenvalue weighted by Crippen LogP contribution is 2.32. The van der Waals surface area contributed by atoms with Gasteiger partial charge in [-0.25, -0.2) is 8.78 Å². The fourth-order valence-electron chi connectivity index (χ4n) is 13.2. The van der Waals surface area contributed by atoms with E-state index in [1.807, 2.05) is 6.08 Å². The van der Waals surface area contributed by atoms with Crippen LogP contribution in [0.15, 0.2) is 109 Å². The number of allylic oxidation sites excluding steroid dienone is 1. The maximum Gasteiger partial charge on any atom is 0.246 e. The number of fused-ring (bicyclic) bond motifs is 28. The van der Waals surface area contributed by atoms with E-state index >= 15 is 28.4 Å². The number of aromatic nitrogens is 2. The molecule has 7 heterocycles.